The summed E-state index contributed by atoms with van der Waals surface area (Å²) in [5.74, 6) is -0.641. The van der Waals surface area contributed by atoms with Crippen LogP contribution in [0.1, 0.15) is 18.4 Å². The van der Waals surface area contributed by atoms with E-state index in [2.05, 4.69) is 28.4 Å². The van der Waals surface area contributed by atoms with Crippen LogP contribution < -0.4 is 5.32 Å². The highest BCUT2D eigenvalue weighted by molar-refractivity contribution is 6.35. The number of hydrogen-bond acceptors (Lipinski definition) is 3. The molecule has 1 aliphatic heterocycles. The van der Waals surface area contributed by atoms with E-state index < -0.39 is 11.4 Å². The Morgan fingerprint density at radius 2 is 1.72 bits per heavy atom. The molecule has 25 heavy (non-hydrogen) atoms. The molecule has 0 amide bonds. The molecule has 0 saturated carbocycles. The molecule has 1 heterocycles. The second kappa shape index (κ2) is 7.61. The maximum atomic E-state index is 13.6. The number of nitrogens with one attached hydrogen (secondary N) is 1. The van der Waals surface area contributed by atoms with Crippen molar-refractivity contribution in [1.82, 2.24) is 4.90 Å². The van der Waals surface area contributed by atoms with Crippen molar-refractivity contribution in [3.8, 4) is 6.07 Å². The SMILES string of the molecule is N#CC1(Nc2cc(Cl)c(F)c(Cl)c2)CCN(Cc2ccccc2)CC1. The molecule has 1 aliphatic rings. The van der Waals surface area contributed by atoms with E-state index in [-0.39, 0.29) is 10.0 Å². The van der Waals surface area contributed by atoms with Gasteiger partial charge >= 0.3 is 0 Å². The molecule has 2 aromatic carbocycles. The van der Waals surface area contributed by atoms with Crippen molar-refractivity contribution >= 4 is 28.9 Å². The minimum atomic E-state index is -0.697. The summed E-state index contributed by atoms with van der Waals surface area (Å²) in [6, 6.07) is 15.6. The Hall–Kier alpha value is -1.80. The molecule has 0 radical (unpaired) electrons. The van der Waals surface area contributed by atoms with Gasteiger partial charge in [-0.05, 0) is 30.5 Å². The molecule has 0 atom stereocenters. The normalized spacial score (nSPS) is 17.0. The van der Waals surface area contributed by atoms with Crippen molar-refractivity contribution in [3.05, 3.63) is 63.9 Å². The summed E-state index contributed by atoms with van der Waals surface area (Å²) in [7, 11) is 0. The maximum absolute atomic E-state index is 13.6. The number of rotatable bonds is 4. The van der Waals surface area contributed by atoms with Crippen molar-refractivity contribution in [1.29, 1.82) is 5.26 Å². The second-order valence-corrected chi connectivity index (χ2v) is 7.15. The highest BCUT2D eigenvalue weighted by atomic mass is 35.5. The second-order valence-electron chi connectivity index (χ2n) is 6.33. The van der Waals surface area contributed by atoms with Gasteiger partial charge in [-0.2, -0.15) is 5.26 Å². The first-order valence-electron chi connectivity index (χ1n) is 8.12. The molecule has 130 valence electrons. The van der Waals surface area contributed by atoms with Crippen molar-refractivity contribution in [3.63, 3.8) is 0 Å². The minimum absolute atomic E-state index is 0.0513. The largest absolute Gasteiger partial charge is 0.367 e. The van der Waals surface area contributed by atoms with Crippen LogP contribution in [-0.4, -0.2) is 23.5 Å². The summed E-state index contributed by atoms with van der Waals surface area (Å²) in [4.78, 5) is 2.33. The Morgan fingerprint density at radius 1 is 1.12 bits per heavy atom. The quantitative estimate of drug-likeness (QED) is 0.752. The van der Waals surface area contributed by atoms with E-state index in [0.717, 1.165) is 19.6 Å². The minimum Gasteiger partial charge on any atom is -0.367 e. The lowest BCUT2D eigenvalue weighted by atomic mass is 9.88. The molecule has 3 rings (SSSR count). The Labute approximate surface area is 157 Å². The van der Waals surface area contributed by atoms with Gasteiger partial charge in [-0.15, -0.1) is 0 Å². The molecule has 0 aromatic heterocycles. The third kappa shape index (κ3) is 4.24. The Bertz CT molecular complexity index is 758. The Balaban J connectivity index is 1.66. The first-order valence-corrected chi connectivity index (χ1v) is 8.87. The van der Waals surface area contributed by atoms with E-state index in [1.54, 1.807) is 0 Å². The Morgan fingerprint density at radius 3 is 2.28 bits per heavy atom. The van der Waals surface area contributed by atoms with Crippen LogP contribution >= 0.6 is 23.2 Å². The predicted octanol–water partition coefficient (Wildman–Crippen LogP) is 5.10. The van der Waals surface area contributed by atoms with Gasteiger partial charge in [0.2, 0.25) is 0 Å². The number of benzene rings is 2. The van der Waals surface area contributed by atoms with Crippen LogP contribution in [0.2, 0.25) is 10.0 Å². The topological polar surface area (TPSA) is 39.1 Å². The predicted molar refractivity (Wildman–Crippen MR) is 99.3 cm³/mol. The van der Waals surface area contributed by atoms with Crippen LogP contribution in [0.25, 0.3) is 0 Å². The average Bonchev–Trinajstić information content (AvgIpc) is 2.62. The van der Waals surface area contributed by atoms with Crippen LogP contribution in [0, 0.1) is 17.1 Å². The number of halogens is 3. The summed E-state index contributed by atoms with van der Waals surface area (Å²) in [5.41, 5.74) is 1.13. The maximum Gasteiger partial charge on any atom is 0.160 e. The fourth-order valence-electron chi connectivity index (χ4n) is 3.10. The lowest BCUT2D eigenvalue weighted by Crippen LogP contribution is -2.48. The number of nitrogens with zero attached hydrogens (tertiary/aromatic N) is 2. The van der Waals surface area contributed by atoms with Crippen LogP contribution in [0.5, 0.6) is 0 Å². The van der Waals surface area contributed by atoms with Gasteiger partial charge in [0.1, 0.15) is 5.54 Å². The molecule has 2 aromatic rings. The van der Waals surface area contributed by atoms with Gasteiger partial charge in [0.15, 0.2) is 5.82 Å². The standard InChI is InChI=1S/C19H18Cl2FN3/c20-16-10-15(11-17(21)18(16)22)24-19(13-23)6-8-25(9-7-19)12-14-4-2-1-3-5-14/h1-5,10-11,24H,6-9,12H2. The zero-order chi connectivity index (χ0) is 17.9. The van der Waals surface area contributed by atoms with Gasteiger partial charge in [-0.3, -0.25) is 4.90 Å². The number of nitriles is 1. The van der Waals surface area contributed by atoms with E-state index in [9.17, 15) is 9.65 Å². The van der Waals surface area contributed by atoms with Crippen LogP contribution in [0.15, 0.2) is 42.5 Å². The van der Waals surface area contributed by atoms with Gasteiger partial charge in [0.05, 0.1) is 16.1 Å². The molecule has 1 N–H and O–H groups in total. The Kier molecular flexibility index (Phi) is 5.48. The van der Waals surface area contributed by atoms with Crippen LogP contribution in [0.3, 0.4) is 0 Å². The number of likely N-dealkylation sites (tertiary alicyclic amines) is 1. The number of hydrogen-bond donors (Lipinski definition) is 1. The van der Waals surface area contributed by atoms with E-state index in [1.807, 2.05) is 18.2 Å². The fraction of sp³-hybridized carbons (Fsp3) is 0.316. The highest BCUT2D eigenvalue weighted by Crippen LogP contribution is 2.32. The molecule has 1 fully saturated rings. The average molecular weight is 378 g/mol. The first kappa shape index (κ1) is 18.0. The molecule has 3 nitrogen and oxygen atoms in total. The molecule has 1 saturated heterocycles. The summed E-state index contributed by atoms with van der Waals surface area (Å²) < 4.78 is 13.6. The van der Waals surface area contributed by atoms with Crippen molar-refractivity contribution in [2.24, 2.45) is 0 Å². The molecule has 0 unspecified atom stereocenters. The summed E-state index contributed by atoms with van der Waals surface area (Å²) in [6.07, 6.45) is 1.34. The van der Waals surface area contributed by atoms with Crippen molar-refractivity contribution in [2.45, 2.75) is 24.9 Å². The molecule has 0 bridgehead atoms. The highest BCUT2D eigenvalue weighted by Gasteiger charge is 2.35. The van der Waals surface area contributed by atoms with Crippen LogP contribution in [-0.2, 0) is 6.54 Å². The summed E-state index contributed by atoms with van der Waals surface area (Å²) >= 11 is 11.7. The third-order valence-corrected chi connectivity index (χ3v) is 5.09. The lowest BCUT2D eigenvalue weighted by Gasteiger charge is -2.38. The van der Waals surface area contributed by atoms with Gasteiger partial charge in [-0.1, -0.05) is 53.5 Å². The summed E-state index contributed by atoms with van der Waals surface area (Å²) in [5, 5.41) is 12.8. The molecular weight excluding hydrogens is 360 g/mol. The molecule has 0 aliphatic carbocycles. The zero-order valence-electron chi connectivity index (χ0n) is 13.6. The van der Waals surface area contributed by atoms with Crippen molar-refractivity contribution < 1.29 is 4.39 Å². The van der Waals surface area contributed by atoms with E-state index in [4.69, 9.17) is 23.2 Å². The summed E-state index contributed by atoms with van der Waals surface area (Å²) in [6.45, 7) is 2.48. The van der Waals surface area contributed by atoms with Gasteiger partial charge < -0.3 is 5.32 Å². The third-order valence-electron chi connectivity index (χ3n) is 4.54. The van der Waals surface area contributed by atoms with Crippen molar-refractivity contribution in [2.75, 3.05) is 18.4 Å². The number of piperidine rings is 1. The first-order chi connectivity index (χ1) is 12.0. The van der Waals surface area contributed by atoms with E-state index >= 15 is 0 Å². The number of anilines is 1. The molecule has 0 spiro atoms. The van der Waals surface area contributed by atoms with E-state index in [1.165, 1.54) is 17.7 Å². The molecule has 6 heteroatoms. The molecular formula is C19H18Cl2FN3. The van der Waals surface area contributed by atoms with E-state index in [0.29, 0.717) is 18.5 Å². The lowest BCUT2D eigenvalue weighted by molar-refractivity contribution is 0.189. The van der Waals surface area contributed by atoms with Gasteiger partial charge in [0, 0.05) is 25.3 Å². The van der Waals surface area contributed by atoms with Gasteiger partial charge in [0.25, 0.3) is 0 Å². The zero-order valence-corrected chi connectivity index (χ0v) is 15.1. The fourth-order valence-corrected chi connectivity index (χ4v) is 3.59. The van der Waals surface area contributed by atoms with Gasteiger partial charge in [-0.25, -0.2) is 4.39 Å². The van der Waals surface area contributed by atoms with Crippen LogP contribution in [0.4, 0.5) is 10.1 Å². The monoisotopic (exact) mass is 377 g/mol. The smallest absolute Gasteiger partial charge is 0.160 e.